The Morgan fingerprint density at radius 1 is 1.11 bits per heavy atom. The summed E-state index contributed by atoms with van der Waals surface area (Å²) in [6.45, 7) is 0. The van der Waals surface area contributed by atoms with E-state index in [0.29, 0.717) is 16.1 Å². The summed E-state index contributed by atoms with van der Waals surface area (Å²) >= 11 is 6.49. The molecule has 1 aliphatic carbocycles. The van der Waals surface area contributed by atoms with Gasteiger partial charge < -0.3 is 5.11 Å². The number of aromatic amines is 1. The van der Waals surface area contributed by atoms with Gasteiger partial charge in [0.25, 0.3) is 0 Å². The Morgan fingerprint density at radius 3 is 2.51 bits per heavy atom. The van der Waals surface area contributed by atoms with Gasteiger partial charge in [-0.2, -0.15) is 0 Å². The Labute approximate surface area is 199 Å². The van der Waals surface area contributed by atoms with Gasteiger partial charge in [0.1, 0.15) is 11.8 Å². The van der Waals surface area contributed by atoms with E-state index in [1.807, 2.05) is 30.3 Å². The molecule has 178 valence electrons. The zero-order valence-electron chi connectivity index (χ0n) is 18.1. The number of H-pyrrole nitrogens is 1. The van der Waals surface area contributed by atoms with Crippen molar-refractivity contribution in [3.05, 3.63) is 106 Å². The number of hydrogen-bond acceptors (Lipinski definition) is 2. The van der Waals surface area contributed by atoms with Gasteiger partial charge in [0.05, 0.1) is 5.02 Å². The van der Waals surface area contributed by atoms with Gasteiger partial charge in [-0.15, -0.1) is 23.8 Å². The molecule has 0 bridgehead atoms. The van der Waals surface area contributed by atoms with Crippen LogP contribution in [0, 0.1) is 23.7 Å². The van der Waals surface area contributed by atoms with E-state index in [-0.39, 0.29) is 11.3 Å². The first-order chi connectivity index (χ1) is 16.4. The summed E-state index contributed by atoms with van der Waals surface area (Å²) in [7, 11) is 0. The van der Waals surface area contributed by atoms with Crippen molar-refractivity contribution in [2.75, 3.05) is 0 Å². The Bertz CT molecular complexity index is 1470. The SMILES string of the molecule is O=C(O)/C=C/c1ccc(/C(=C(\c2ccc(F)cc2Cl)C2CC2)c2[c-]c3c(F)[nH]nc3cc2)cc1.[Cm]. The summed E-state index contributed by atoms with van der Waals surface area (Å²) in [6, 6.07) is 18.4. The Balaban J connectivity index is 0.00000289. The van der Waals surface area contributed by atoms with Gasteiger partial charge in [0.15, 0.2) is 0 Å². The van der Waals surface area contributed by atoms with E-state index in [1.54, 1.807) is 12.1 Å². The molecule has 0 spiro atoms. The van der Waals surface area contributed by atoms with Crippen molar-refractivity contribution in [2.24, 2.45) is 5.92 Å². The van der Waals surface area contributed by atoms with E-state index < -0.39 is 17.7 Å². The molecule has 0 saturated heterocycles. The first-order valence-corrected chi connectivity index (χ1v) is 11.1. The fourth-order valence-electron chi connectivity index (χ4n) is 4.08. The number of halogens is 3. The molecule has 35 heavy (non-hydrogen) atoms. The summed E-state index contributed by atoms with van der Waals surface area (Å²) in [4.78, 5) is 10.9. The van der Waals surface area contributed by atoms with Crippen LogP contribution in [0.4, 0.5) is 8.78 Å². The van der Waals surface area contributed by atoms with Crippen LogP contribution < -0.4 is 0 Å². The van der Waals surface area contributed by atoms with Crippen LogP contribution in [0.2, 0.25) is 5.02 Å². The van der Waals surface area contributed by atoms with Crippen LogP contribution in [0.25, 0.3) is 28.1 Å². The topological polar surface area (TPSA) is 66.0 Å². The summed E-state index contributed by atoms with van der Waals surface area (Å²) in [5.41, 5.74) is 5.14. The molecule has 1 fully saturated rings. The minimum absolute atomic E-state index is 0. The Morgan fingerprint density at radius 2 is 1.86 bits per heavy atom. The number of allylic oxidation sites excluding steroid dienone is 1. The quantitative estimate of drug-likeness (QED) is 0.131. The molecule has 8 heteroatoms. The monoisotopic (exact) mass is 718 g/mol. The number of nitrogens with zero attached hydrogens (tertiary/aromatic N) is 1. The van der Waals surface area contributed by atoms with Gasteiger partial charge in [0.2, 0.25) is 0 Å². The molecule has 5 rings (SSSR count). The maximum absolute atomic E-state index is 14.3. The van der Waals surface area contributed by atoms with Gasteiger partial charge >= 0.3 is 5.97 Å². The van der Waals surface area contributed by atoms with E-state index in [1.165, 1.54) is 18.2 Å². The van der Waals surface area contributed by atoms with Crippen LogP contribution in [-0.4, -0.2) is 21.3 Å². The third-order valence-corrected chi connectivity index (χ3v) is 6.09. The van der Waals surface area contributed by atoms with Gasteiger partial charge in [-0.3, -0.25) is 5.10 Å². The molecule has 0 amide bonds. The van der Waals surface area contributed by atoms with Crippen molar-refractivity contribution in [1.29, 1.82) is 0 Å². The summed E-state index contributed by atoms with van der Waals surface area (Å²) in [5, 5.41) is 15.7. The van der Waals surface area contributed by atoms with Gasteiger partial charge in [-0.05, 0) is 53.5 Å². The second kappa shape index (κ2) is 9.23. The number of carboxylic acid groups (broad SMARTS) is 1. The molecule has 0 unspecified atom stereocenters. The van der Waals surface area contributed by atoms with Crippen LogP contribution in [0.5, 0.6) is 0 Å². The van der Waals surface area contributed by atoms with E-state index in [2.05, 4.69) is 16.3 Å². The molecular weight excluding hydrogens is 705 g/mol. The van der Waals surface area contributed by atoms with E-state index in [9.17, 15) is 13.6 Å². The number of hydrogen-bond donors (Lipinski definition) is 2. The second-order valence-electron chi connectivity index (χ2n) is 8.15. The Hall–Kier alpha value is -4.77. The average Bonchev–Trinajstić information content (AvgIpc) is 3.59. The summed E-state index contributed by atoms with van der Waals surface area (Å²) in [6.07, 6.45) is 4.48. The number of carboxylic acids is 1. The van der Waals surface area contributed by atoms with Crippen molar-refractivity contribution in [1.82, 2.24) is 10.2 Å². The van der Waals surface area contributed by atoms with Crippen molar-refractivity contribution < 1.29 is 18.7 Å². The van der Waals surface area contributed by atoms with Gasteiger partial charge in [0, 0.05) is 11.6 Å². The number of nitrogens with one attached hydrogen (secondary N) is 1. The van der Waals surface area contributed by atoms with Crippen molar-refractivity contribution in [2.45, 2.75) is 12.8 Å². The van der Waals surface area contributed by atoms with E-state index >= 15 is 0 Å². The van der Waals surface area contributed by atoms with Crippen molar-refractivity contribution in [3.63, 3.8) is 0 Å². The zero-order valence-corrected chi connectivity index (χ0v) is 21.8. The average molecular weight is 723 g/mol. The summed E-state index contributed by atoms with van der Waals surface area (Å²) in [5.74, 6) is -1.81. The fourth-order valence-corrected chi connectivity index (χ4v) is 4.35. The minimum atomic E-state index is -1.03. The van der Waals surface area contributed by atoms with Crippen LogP contribution in [0.3, 0.4) is 0 Å². The standard InChI is InChI=1S/C27H18ClF2N2O2.Cm/c28-22-14-19(29)9-10-20(22)26(17-6-7-17)25(16-4-1-15(2-5-16)3-12-24(33)34)18-8-11-23-21(13-18)27(30)32-31-23;/h1-5,8-12,14,17H,6-7H2,(H,31,32)(H,33,34);/q-1;/b12-3+,26-25+;. The van der Waals surface area contributed by atoms with Gasteiger partial charge in [-0.25, -0.2) is 18.7 Å². The third-order valence-electron chi connectivity index (χ3n) is 5.78. The van der Waals surface area contributed by atoms with Crippen molar-refractivity contribution in [3.8, 4) is 0 Å². The molecule has 3 aromatic carbocycles. The van der Waals surface area contributed by atoms with Crippen LogP contribution in [0.15, 0.2) is 60.7 Å². The zero-order chi connectivity index (χ0) is 23.8. The number of rotatable bonds is 6. The molecule has 0 aliphatic heterocycles. The number of benzene rings is 3. The first-order valence-electron chi connectivity index (χ1n) is 10.7. The number of carbonyl (C=O) groups is 1. The number of fused-ring (bicyclic) bond motifs is 1. The summed E-state index contributed by atoms with van der Waals surface area (Å²) < 4.78 is 28.1. The number of aliphatic carboxylic acids is 1. The maximum Gasteiger partial charge on any atom is 0.328 e. The predicted octanol–water partition coefficient (Wildman–Crippen LogP) is 6.76. The van der Waals surface area contributed by atoms with Crippen LogP contribution in [-0.2, 0) is 4.79 Å². The predicted molar refractivity (Wildman–Crippen MR) is 128 cm³/mol. The molecular formula is C27H18ClCmF2N2O2-. The normalized spacial score (nSPS) is 14.1. The molecule has 0 atom stereocenters. The molecule has 4 aromatic rings. The van der Waals surface area contributed by atoms with Gasteiger partial charge in [-0.1, -0.05) is 58.6 Å². The largest absolute Gasteiger partial charge is 0.478 e. The molecule has 4 nitrogen and oxygen atoms in total. The third kappa shape index (κ3) is 4.66. The second-order valence-corrected chi connectivity index (χ2v) is 8.56. The maximum atomic E-state index is 14.3. The molecule has 1 heterocycles. The number of aromatic nitrogens is 2. The van der Waals surface area contributed by atoms with E-state index in [4.69, 9.17) is 16.7 Å². The first kappa shape index (κ1) is 23.4. The van der Waals surface area contributed by atoms with E-state index in [0.717, 1.165) is 46.8 Å². The van der Waals surface area contributed by atoms with Crippen molar-refractivity contribution >= 4 is 45.7 Å². The fraction of sp³-hybridized carbons (Fsp3) is 0.111. The smallest absolute Gasteiger partial charge is 0.328 e. The van der Waals surface area contributed by atoms with Crippen LogP contribution >= 0.6 is 11.6 Å². The Kier molecular flexibility index (Phi) is 6.17. The molecule has 2 N–H and O–H groups in total. The molecule has 0 radical (unpaired) electrons. The molecule has 1 aromatic heterocycles. The van der Waals surface area contributed by atoms with Crippen LogP contribution in [0.1, 0.15) is 35.1 Å². The molecule has 1 saturated carbocycles. The molecule has 1 aliphatic rings. The minimum Gasteiger partial charge on any atom is -0.478 e.